The molecule has 34 heavy (non-hydrogen) atoms. The third-order valence-electron chi connectivity index (χ3n) is 5.49. The Morgan fingerprint density at radius 3 is 2.44 bits per heavy atom. The van der Waals surface area contributed by atoms with Crippen LogP contribution >= 0.6 is 11.3 Å². The highest BCUT2D eigenvalue weighted by atomic mass is 32.1. The Labute approximate surface area is 199 Å². The number of fused-ring (bicyclic) bond motifs is 1. The number of methoxy groups -OCH3 is 3. The number of ether oxygens (including phenoxy) is 3. The number of nitrogens with zero attached hydrogens (tertiary/aromatic N) is 2. The molecule has 0 saturated carbocycles. The zero-order valence-electron chi connectivity index (χ0n) is 18.7. The molecule has 1 aliphatic rings. The average Bonchev–Trinajstić information content (AvgIpc) is 3.19. The zero-order valence-corrected chi connectivity index (χ0v) is 19.5. The van der Waals surface area contributed by atoms with Crippen LogP contribution in [0.4, 0.5) is 0 Å². The Kier molecular flexibility index (Phi) is 6.25. The van der Waals surface area contributed by atoms with Gasteiger partial charge in [0.05, 0.1) is 49.0 Å². The second kappa shape index (κ2) is 9.29. The standard InChI is InChI=1S/C25H21N3O5S/c1-31-16-8-4-6-14(10-16)11-19-23(29)28-22(27)18(13-26)20(15-7-5-9-17(12-15)32-2)21(24(28)34-19)25(30)33-3/h4-12,20H,27H2,1-3H3/b19-11-/t20-/m1/s1. The molecule has 0 radical (unpaired) electrons. The third kappa shape index (κ3) is 3.84. The van der Waals surface area contributed by atoms with E-state index in [1.165, 1.54) is 18.8 Å². The lowest BCUT2D eigenvalue weighted by Crippen LogP contribution is -2.40. The van der Waals surface area contributed by atoms with Gasteiger partial charge in [0.25, 0.3) is 5.56 Å². The van der Waals surface area contributed by atoms with Gasteiger partial charge in [0.15, 0.2) is 0 Å². The van der Waals surface area contributed by atoms with E-state index in [-0.39, 0.29) is 17.0 Å². The molecule has 3 aromatic rings. The van der Waals surface area contributed by atoms with Crippen LogP contribution in [0.15, 0.2) is 58.9 Å². The molecule has 0 aliphatic carbocycles. The molecule has 9 heteroatoms. The van der Waals surface area contributed by atoms with Gasteiger partial charge in [-0.1, -0.05) is 24.3 Å². The minimum atomic E-state index is -0.824. The molecule has 4 rings (SSSR count). The fourth-order valence-electron chi connectivity index (χ4n) is 3.89. The van der Waals surface area contributed by atoms with Crippen LogP contribution in [-0.4, -0.2) is 31.9 Å². The molecular weight excluding hydrogens is 454 g/mol. The van der Waals surface area contributed by atoms with E-state index >= 15 is 0 Å². The highest BCUT2D eigenvalue weighted by Gasteiger charge is 2.36. The molecule has 0 fully saturated rings. The summed E-state index contributed by atoms with van der Waals surface area (Å²) in [6.07, 6.45) is 1.69. The fraction of sp³-hybridized carbons (Fsp3) is 0.160. The fourth-order valence-corrected chi connectivity index (χ4v) is 5.06. The van der Waals surface area contributed by atoms with Crippen molar-refractivity contribution in [3.8, 4) is 17.6 Å². The first-order valence-corrected chi connectivity index (χ1v) is 11.0. The van der Waals surface area contributed by atoms with Crippen LogP contribution in [0.3, 0.4) is 0 Å². The van der Waals surface area contributed by atoms with Crippen molar-refractivity contribution in [1.29, 1.82) is 5.26 Å². The number of nitrogens with two attached hydrogens (primary N) is 1. The Balaban J connectivity index is 2.08. The summed E-state index contributed by atoms with van der Waals surface area (Å²) in [5.41, 5.74) is 7.51. The van der Waals surface area contributed by atoms with Crippen molar-refractivity contribution in [2.45, 2.75) is 5.92 Å². The first-order valence-electron chi connectivity index (χ1n) is 10.2. The lowest BCUT2D eigenvalue weighted by Gasteiger charge is -2.24. The normalized spacial score (nSPS) is 15.5. The molecule has 2 heterocycles. The Morgan fingerprint density at radius 1 is 1.12 bits per heavy atom. The summed E-state index contributed by atoms with van der Waals surface area (Å²) in [5, 5.41) is 9.99. The number of carbonyl (C=O) groups excluding carboxylic acids is 1. The molecule has 8 nitrogen and oxygen atoms in total. The van der Waals surface area contributed by atoms with Crippen LogP contribution in [0.5, 0.6) is 11.5 Å². The highest BCUT2D eigenvalue weighted by molar-refractivity contribution is 7.07. The number of benzene rings is 2. The van der Waals surface area contributed by atoms with Gasteiger partial charge in [0, 0.05) is 0 Å². The molecule has 2 aromatic carbocycles. The van der Waals surface area contributed by atoms with E-state index in [1.807, 2.05) is 12.1 Å². The van der Waals surface area contributed by atoms with Crippen LogP contribution < -0.4 is 30.0 Å². The van der Waals surface area contributed by atoms with E-state index in [2.05, 4.69) is 6.07 Å². The largest absolute Gasteiger partial charge is 0.497 e. The number of thiazole rings is 1. The second-order valence-corrected chi connectivity index (χ2v) is 8.39. The molecule has 0 spiro atoms. The summed E-state index contributed by atoms with van der Waals surface area (Å²) in [7, 11) is 4.34. The van der Waals surface area contributed by atoms with Crippen molar-refractivity contribution in [2.75, 3.05) is 21.3 Å². The summed E-state index contributed by atoms with van der Waals surface area (Å²) in [4.78, 5) is 26.3. The van der Waals surface area contributed by atoms with Crippen molar-refractivity contribution in [2.24, 2.45) is 5.73 Å². The van der Waals surface area contributed by atoms with Crippen molar-refractivity contribution >= 4 is 34.8 Å². The maximum absolute atomic E-state index is 13.3. The van der Waals surface area contributed by atoms with E-state index < -0.39 is 17.4 Å². The number of carbonyl (C=O) groups is 1. The minimum Gasteiger partial charge on any atom is -0.497 e. The number of nitriles is 1. The molecule has 172 valence electrons. The van der Waals surface area contributed by atoms with Crippen LogP contribution in [0.2, 0.25) is 0 Å². The van der Waals surface area contributed by atoms with E-state index in [0.29, 0.717) is 26.3 Å². The number of aromatic nitrogens is 1. The molecule has 0 bridgehead atoms. The number of hydrogen-bond acceptors (Lipinski definition) is 8. The topological polar surface area (TPSA) is 117 Å². The van der Waals surface area contributed by atoms with Crippen LogP contribution in [-0.2, 0) is 9.53 Å². The lowest BCUT2D eigenvalue weighted by atomic mass is 9.84. The molecule has 0 saturated heterocycles. The molecule has 2 N–H and O–H groups in total. The Bertz CT molecular complexity index is 1540. The number of hydrogen-bond donors (Lipinski definition) is 1. The maximum atomic E-state index is 13.3. The lowest BCUT2D eigenvalue weighted by molar-refractivity contribution is -0.134. The van der Waals surface area contributed by atoms with Gasteiger partial charge in [-0.15, -0.1) is 11.3 Å². The Morgan fingerprint density at radius 2 is 1.79 bits per heavy atom. The summed E-state index contributed by atoms with van der Waals surface area (Å²) >= 11 is 1.11. The summed E-state index contributed by atoms with van der Waals surface area (Å²) in [6, 6.07) is 16.3. The number of rotatable bonds is 5. The maximum Gasteiger partial charge on any atom is 0.337 e. The zero-order chi connectivity index (χ0) is 24.4. The summed E-state index contributed by atoms with van der Waals surface area (Å²) in [6.45, 7) is 0. The number of allylic oxidation sites excluding steroid dienone is 1. The van der Waals surface area contributed by atoms with Gasteiger partial charge < -0.3 is 19.9 Å². The van der Waals surface area contributed by atoms with Gasteiger partial charge in [-0.05, 0) is 41.5 Å². The van der Waals surface area contributed by atoms with Gasteiger partial charge in [0.2, 0.25) is 0 Å². The first-order chi connectivity index (χ1) is 16.4. The quantitative estimate of drug-likeness (QED) is 0.556. The monoisotopic (exact) mass is 475 g/mol. The average molecular weight is 476 g/mol. The summed E-state index contributed by atoms with van der Waals surface area (Å²) < 4.78 is 17.5. The van der Waals surface area contributed by atoms with E-state index in [1.54, 1.807) is 49.6 Å². The Hall–Kier alpha value is -4.29. The molecule has 0 amide bonds. The third-order valence-corrected chi connectivity index (χ3v) is 6.60. The van der Waals surface area contributed by atoms with Crippen LogP contribution in [0.25, 0.3) is 17.5 Å². The molecule has 1 aliphatic heterocycles. The highest BCUT2D eigenvalue weighted by Crippen LogP contribution is 2.37. The van der Waals surface area contributed by atoms with Gasteiger partial charge in [-0.3, -0.25) is 9.36 Å². The van der Waals surface area contributed by atoms with Crippen LogP contribution in [0, 0.1) is 11.3 Å². The van der Waals surface area contributed by atoms with Gasteiger partial charge in [0.1, 0.15) is 22.0 Å². The van der Waals surface area contributed by atoms with Crippen molar-refractivity contribution < 1.29 is 19.0 Å². The molecule has 0 unspecified atom stereocenters. The predicted octanol–water partition coefficient (Wildman–Crippen LogP) is 1.53. The van der Waals surface area contributed by atoms with Crippen molar-refractivity contribution in [3.63, 3.8) is 0 Å². The molecular formula is C25H21N3O5S. The predicted molar refractivity (Wildman–Crippen MR) is 129 cm³/mol. The molecule has 1 aromatic heterocycles. The minimum absolute atomic E-state index is 0.0236. The van der Waals surface area contributed by atoms with Crippen molar-refractivity contribution in [3.05, 3.63) is 84.8 Å². The summed E-state index contributed by atoms with van der Waals surface area (Å²) in [5.74, 6) is -0.309. The smallest absolute Gasteiger partial charge is 0.337 e. The van der Waals surface area contributed by atoms with E-state index in [4.69, 9.17) is 19.9 Å². The van der Waals surface area contributed by atoms with Crippen molar-refractivity contribution in [1.82, 2.24) is 4.57 Å². The van der Waals surface area contributed by atoms with E-state index in [0.717, 1.165) is 16.9 Å². The SMILES string of the molecule is COC(=O)C1=c2s/c(=C\c3cccc(OC)c3)c(=O)n2C(N)=C(C#N)[C@H]1c1cccc(OC)c1. The second-order valence-electron chi connectivity index (χ2n) is 7.36. The van der Waals surface area contributed by atoms with Gasteiger partial charge in [-0.25, -0.2) is 4.79 Å². The number of esters is 1. The van der Waals surface area contributed by atoms with E-state index in [9.17, 15) is 14.9 Å². The van der Waals surface area contributed by atoms with Crippen LogP contribution in [0.1, 0.15) is 17.0 Å². The molecule has 1 atom stereocenters. The first kappa shape index (κ1) is 22.9. The van der Waals surface area contributed by atoms with Gasteiger partial charge >= 0.3 is 5.97 Å². The van der Waals surface area contributed by atoms with Gasteiger partial charge in [-0.2, -0.15) is 5.26 Å².